The Hall–Kier alpha value is -1.66. The smallest absolute Gasteiger partial charge is 0.254 e. The highest BCUT2D eigenvalue weighted by Crippen LogP contribution is 2.24. The molecule has 4 nitrogen and oxygen atoms in total. The number of hydrogen-bond donors (Lipinski definition) is 0. The summed E-state index contributed by atoms with van der Waals surface area (Å²) in [6.07, 6.45) is 0.519. The van der Waals surface area contributed by atoms with Crippen molar-refractivity contribution in [1.29, 1.82) is 0 Å². The van der Waals surface area contributed by atoms with Gasteiger partial charge in [-0.2, -0.15) is 0 Å². The zero-order chi connectivity index (χ0) is 16.4. The first-order chi connectivity index (χ1) is 10.9. The molecule has 1 aromatic carbocycles. The molecular weight excluding hydrogens is 330 g/mol. The van der Waals surface area contributed by atoms with E-state index >= 15 is 0 Å². The van der Waals surface area contributed by atoms with Crippen LogP contribution in [-0.4, -0.2) is 36.8 Å². The molecule has 0 unspecified atom stereocenters. The number of benzene rings is 1. The molecule has 1 fully saturated rings. The van der Waals surface area contributed by atoms with Crippen LogP contribution in [0, 0.1) is 6.92 Å². The Balaban J connectivity index is 1.89. The summed E-state index contributed by atoms with van der Waals surface area (Å²) < 4.78 is 23.7. The van der Waals surface area contributed by atoms with Crippen molar-refractivity contribution in [1.82, 2.24) is 4.90 Å². The van der Waals surface area contributed by atoms with Crippen LogP contribution < -0.4 is 0 Å². The highest BCUT2D eigenvalue weighted by molar-refractivity contribution is 7.91. The van der Waals surface area contributed by atoms with Crippen molar-refractivity contribution < 1.29 is 13.2 Å². The molecule has 0 aliphatic carbocycles. The lowest BCUT2D eigenvalue weighted by atomic mass is 10.1. The third kappa shape index (κ3) is 3.82. The quantitative estimate of drug-likeness (QED) is 0.853. The molecule has 1 aromatic heterocycles. The van der Waals surface area contributed by atoms with Gasteiger partial charge in [0.15, 0.2) is 9.84 Å². The van der Waals surface area contributed by atoms with Gasteiger partial charge in [-0.15, -0.1) is 11.3 Å². The van der Waals surface area contributed by atoms with Crippen LogP contribution in [0.4, 0.5) is 0 Å². The Morgan fingerprint density at radius 3 is 2.74 bits per heavy atom. The van der Waals surface area contributed by atoms with E-state index in [1.165, 1.54) is 0 Å². The van der Waals surface area contributed by atoms with Crippen LogP contribution >= 0.6 is 11.3 Å². The van der Waals surface area contributed by atoms with Gasteiger partial charge < -0.3 is 4.90 Å². The molecule has 2 aromatic rings. The van der Waals surface area contributed by atoms with Crippen LogP contribution in [0.5, 0.6) is 0 Å². The average Bonchev–Trinajstić information content (AvgIpc) is 3.13. The molecule has 1 atom stereocenters. The van der Waals surface area contributed by atoms with Gasteiger partial charge in [0, 0.05) is 16.5 Å². The molecule has 0 saturated carbocycles. The Labute approximate surface area is 140 Å². The summed E-state index contributed by atoms with van der Waals surface area (Å²) in [7, 11) is -3.03. The van der Waals surface area contributed by atoms with Crippen LogP contribution in [0.2, 0.25) is 0 Å². The molecule has 3 rings (SSSR count). The number of carbonyl (C=O) groups is 1. The predicted molar refractivity (Wildman–Crippen MR) is 92.4 cm³/mol. The Kier molecular flexibility index (Phi) is 4.55. The van der Waals surface area contributed by atoms with E-state index in [-0.39, 0.29) is 23.5 Å². The average molecular weight is 349 g/mol. The summed E-state index contributed by atoms with van der Waals surface area (Å²) in [5.41, 5.74) is 1.64. The summed E-state index contributed by atoms with van der Waals surface area (Å²) in [4.78, 5) is 15.7. The number of carbonyl (C=O) groups excluding carboxylic acids is 1. The van der Waals surface area contributed by atoms with Gasteiger partial charge in [-0.25, -0.2) is 8.42 Å². The molecule has 0 spiro atoms. The maximum Gasteiger partial charge on any atom is 0.254 e. The molecule has 6 heteroatoms. The summed E-state index contributed by atoms with van der Waals surface area (Å²) in [6.45, 7) is 2.41. The van der Waals surface area contributed by atoms with E-state index in [1.807, 2.05) is 42.6 Å². The molecular formula is C17H19NO3S2. The summed E-state index contributed by atoms with van der Waals surface area (Å²) in [5, 5.41) is 1.97. The van der Waals surface area contributed by atoms with Gasteiger partial charge in [0.2, 0.25) is 0 Å². The fraction of sp³-hybridized carbons (Fsp3) is 0.353. The third-order valence-electron chi connectivity index (χ3n) is 4.08. The van der Waals surface area contributed by atoms with E-state index in [9.17, 15) is 13.2 Å². The number of nitrogens with zero attached hydrogens (tertiary/aromatic N) is 1. The standard InChI is InChI=1S/C17H19NO3S2/c1-13-4-2-5-14(10-13)17(19)18(11-16-6-3-8-22-16)15-7-9-23(20,21)12-15/h2-6,8,10,15H,7,9,11-12H2,1H3/t15-/m1/s1. The lowest BCUT2D eigenvalue weighted by Crippen LogP contribution is -2.40. The molecule has 0 bridgehead atoms. The monoisotopic (exact) mass is 349 g/mol. The van der Waals surface area contributed by atoms with Crippen LogP contribution in [0.1, 0.15) is 27.2 Å². The molecule has 1 amide bonds. The Morgan fingerprint density at radius 2 is 2.13 bits per heavy atom. The predicted octanol–water partition coefficient (Wildman–Crippen LogP) is 2.89. The zero-order valence-electron chi connectivity index (χ0n) is 12.9. The SMILES string of the molecule is Cc1cccc(C(=O)N(Cc2cccs2)[C@@H]2CCS(=O)(=O)C2)c1. The van der Waals surface area contributed by atoms with E-state index in [4.69, 9.17) is 0 Å². The van der Waals surface area contributed by atoms with Crippen molar-refractivity contribution in [3.63, 3.8) is 0 Å². The molecule has 1 aliphatic heterocycles. The first kappa shape index (κ1) is 16.2. The van der Waals surface area contributed by atoms with E-state index in [1.54, 1.807) is 22.3 Å². The second-order valence-electron chi connectivity index (χ2n) is 5.94. The van der Waals surface area contributed by atoms with Gasteiger partial charge in [-0.1, -0.05) is 23.8 Å². The first-order valence-corrected chi connectivity index (χ1v) is 10.3. The van der Waals surface area contributed by atoms with Crippen molar-refractivity contribution in [3.8, 4) is 0 Å². The van der Waals surface area contributed by atoms with Crippen molar-refractivity contribution >= 4 is 27.1 Å². The number of sulfone groups is 1. The maximum absolute atomic E-state index is 13.0. The molecule has 1 aliphatic rings. The zero-order valence-corrected chi connectivity index (χ0v) is 14.6. The maximum atomic E-state index is 13.0. The molecule has 1 saturated heterocycles. The fourth-order valence-corrected chi connectivity index (χ4v) is 5.34. The molecule has 23 heavy (non-hydrogen) atoms. The number of thiophene rings is 1. The van der Waals surface area contributed by atoms with Gasteiger partial charge in [-0.3, -0.25) is 4.79 Å². The van der Waals surface area contributed by atoms with Gasteiger partial charge >= 0.3 is 0 Å². The normalized spacial score (nSPS) is 19.6. The highest BCUT2D eigenvalue weighted by atomic mass is 32.2. The Bertz CT molecular complexity index is 797. The van der Waals surface area contributed by atoms with Crippen molar-refractivity contribution in [2.24, 2.45) is 0 Å². The Morgan fingerprint density at radius 1 is 1.30 bits per heavy atom. The van der Waals surface area contributed by atoms with E-state index in [2.05, 4.69) is 0 Å². The van der Waals surface area contributed by atoms with Crippen LogP contribution in [-0.2, 0) is 16.4 Å². The summed E-state index contributed by atoms with van der Waals surface area (Å²) >= 11 is 1.58. The summed E-state index contributed by atoms with van der Waals surface area (Å²) in [5.74, 6) is 0.138. The molecule has 2 heterocycles. The lowest BCUT2D eigenvalue weighted by molar-refractivity contribution is 0.0683. The second-order valence-corrected chi connectivity index (χ2v) is 9.20. The van der Waals surface area contributed by atoms with Crippen molar-refractivity contribution in [2.75, 3.05) is 11.5 Å². The van der Waals surface area contributed by atoms with E-state index in [0.29, 0.717) is 18.5 Å². The van der Waals surface area contributed by atoms with Gasteiger partial charge in [0.25, 0.3) is 5.91 Å². The minimum Gasteiger partial charge on any atom is -0.329 e. The van der Waals surface area contributed by atoms with Crippen molar-refractivity contribution in [3.05, 3.63) is 57.8 Å². The number of hydrogen-bond acceptors (Lipinski definition) is 4. The molecule has 0 N–H and O–H groups in total. The van der Waals surface area contributed by atoms with Gasteiger partial charge in [-0.05, 0) is 36.9 Å². The van der Waals surface area contributed by atoms with Gasteiger partial charge in [0.1, 0.15) is 0 Å². The minimum atomic E-state index is -3.03. The third-order valence-corrected chi connectivity index (χ3v) is 6.69. The van der Waals surface area contributed by atoms with Crippen LogP contribution in [0.3, 0.4) is 0 Å². The molecule has 122 valence electrons. The topological polar surface area (TPSA) is 54.5 Å². The van der Waals surface area contributed by atoms with E-state index in [0.717, 1.165) is 10.4 Å². The van der Waals surface area contributed by atoms with E-state index < -0.39 is 9.84 Å². The molecule has 0 radical (unpaired) electrons. The van der Waals surface area contributed by atoms with Gasteiger partial charge in [0.05, 0.1) is 18.1 Å². The van der Waals surface area contributed by atoms with Crippen LogP contribution in [0.15, 0.2) is 41.8 Å². The number of rotatable bonds is 4. The highest BCUT2D eigenvalue weighted by Gasteiger charge is 2.35. The van der Waals surface area contributed by atoms with Crippen molar-refractivity contribution in [2.45, 2.75) is 25.9 Å². The number of aryl methyl sites for hydroxylation is 1. The fourth-order valence-electron chi connectivity index (χ4n) is 2.90. The lowest BCUT2D eigenvalue weighted by Gasteiger charge is -2.28. The van der Waals surface area contributed by atoms with Crippen LogP contribution in [0.25, 0.3) is 0 Å². The first-order valence-electron chi connectivity index (χ1n) is 7.55. The summed E-state index contributed by atoms with van der Waals surface area (Å²) in [6, 6.07) is 11.1. The second kappa shape index (κ2) is 6.45. The minimum absolute atomic E-state index is 0.0654. The number of amides is 1. The largest absolute Gasteiger partial charge is 0.329 e.